The highest BCUT2D eigenvalue weighted by Crippen LogP contribution is 2.20. The van der Waals surface area contributed by atoms with E-state index in [1.54, 1.807) is 24.4 Å². The standard InChI is InChI=1S/C12H16N4O2S/c1-9-3-4-11(19(17,18)13-2)7-12(9)14-8-10-5-6-15-16-10/h3-7,13-14H,8H2,1-2H3,(H,15,16). The minimum atomic E-state index is -3.42. The van der Waals surface area contributed by atoms with Gasteiger partial charge in [-0.1, -0.05) is 6.07 Å². The average Bonchev–Trinajstić information content (AvgIpc) is 2.90. The summed E-state index contributed by atoms with van der Waals surface area (Å²) in [7, 11) is -2.02. The van der Waals surface area contributed by atoms with Gasteiger partial charge in [0.1, 0.15) is 0 Å². The maximum absolute atomic E-state index is 11.7. The third-order valence-corrected chi connectivity index (χ3v) is 4.23. The first-order valence-electron chi connectivity index (χ1n) is 5.79. The molecule has 0 aliphatic rings. The van der Waals surface area contributed by atoms with Crippen LogP contribution in [0.25, 0.3) is 0 Å². The summed E-state index contributed by atoms with van der Waals surface area (Å²) >= 11 is 0. The van der Waals surface area contributed by atoms with Crippen LogP contribution in [0.4, 0.5) is 5.69 Å². The van der Waals surface area contributed by atoms with Crippen molar-refractivity contribution in [2.75, 3.05) is 12.4 Å². The summed E-state index contributed by atoms with van der Waals surface area (Å²) in [6, 6.07) is 6.84. The van der Waals surface area contributed by atoms with E-state index < -0.39 is 10.0 Å². The lowest BCUT2D eigenvalue weighted by molar-refractivity contribution is 0.588. The molecule has 0 atom stereocenters. The molecule has 7 heteroatoms. The second-order valence-corrected chi connectivity index (χ2v) is 6.01. The van der Waals surface area contributed by atoms with Gasteiger partial charge in [0.05, 0.1) is 17.1 Å². The molecule has 0 amide bonds. The number of benzene rings is 1. The van der Waals surface area contributed by atoms with Crippen molar-refractivity contribution in [3.05, 3.63) is 41.7 Å². The molecule has 0 saturated heterocycles. The lowest BCUT2D eigenvalue weighted by atomic mass is 10.2. The van der Waals surface area contributed by atoms with Crippen LogP contribution in [0.3, 0.4) is 0 Å². The Hall–Kier alpha value is -1.86. The van der Waals surface area contributed by atoms with Crippen molar-refractivity contribution >= 4 is 15.7 Å². The van der Waals surface area contributed by atoms with Crippen molar-refractivity contribution in [2.45, 2.75) is 18.4 Å². The normalized spacial score (nSPS) is 11.5. The molecule has 102 valence electrons. The fourth-order valence-electron chi connectivity index (χ4n) is 1.65. The van der Waals surface area contributed by atoms with Crippen LogP contribution in [-0.2, 0) is 16.6 Å². The van der Waals surface area contributed by atoms with Crippen molar-refractivity contribution in [1.29, 1.82) is 0 Å². The summed E-state index contributed by atoms with van der Waals surface area (Å²) in [5, 5.41) is 9.88. The maximum Gasteiger partial charge on any atom is 0.240 e. The molecule has 2 aromatic rings. The molecule has 1 aromatic carbocycles. The van der Waals surface area contributed by atoms with E-state index in [0.29, 0.717) is 6.54 Å². The van der Waals surface area contributed by atoms with E-state index in [4.69, 9.17) is 0 Å². The predicted octanol–water partition coefficient (Wildman–Crippen LogP) is 1.24. The van der Waals surface area contributed by atoms with Gasteiger partial charge in [0.25, 0.3) is 0 Å². The van der Waals surface area contributed by atoms with Gasteiger partial charge in [0, 0.05) is 11.9 Å². The number of aromatic amines is 1. The van der Waals surface area contributed by atoms with Crippen LogP contribution in [0.2, 0.25) is 0 Å². The lowest BCUT2D eigenvalue weighted by Gasteiger charge is -2.11. The highest BCUT2D eigenvalue weighted by atomic mass is 32.2. The van der Waals surface area contributed by atoms with Crippen molar-refractivity contribution in [3.63, 3.8) is 0 Å². The summed E-state index contributed by atoms with van der Waals surface area (Å²) in [6.07, 6.45) is 1.67. The van der Waals surface area contributed by atoms with Crippen molar-refractivity contribution < 1.29 is 8.42 Å². The zero-order valence-electron chi connectivity index (χ0n) is 10.8. The number of rotatable bonds is 5. The smallest absolute Gasteiger partial charge is 0.240 e. The molecule has 0 aliphatic carbocycles. The molecule has 0 fully saturated rings. The number of hydrogen-bond acceptors (Lipinski definition) is 4. The van der Waals surface area contributed by atoms with Gasteiger partial charge in [0.15, 0.2) is 0 Å². The largest absolute Gasteiger partial charge is 0.379 e. The minimum absolute atomic E-state index is 0.243. The zero-order valence-corrected chi connectivity index (χ0v) is 11.6. The second-order valence-electron chi connectivity index (χ2n) is 4.12. The third-order valence-electron chi connectivity index (χ3n) is 2.82. The van der Waals surface area contributed by atoms with Crippen LogP contribution < -0.4 is 10.0 Å². The monoisotopic (exact) mass is 280 g/mol. The fourth-order valence-corrected chi connectivity index (χ4v) is 2.41. The van der Waals surface area contributed by atoms with Gasteiger partial charge in [-0.25, -0.2) is 13.1 Å². The summed E-state index contributed by atoms with van der Waals surface area (Å²) < 4.78 is 25.8. The Bertz CT molecular complexity index is 650. The van der Waals surface area contributed by atoms with Crippen LogP contribution in [0, 0.1) is 6.92 Å². The molecule has 6 nitrogen and oxygen atoms in total. The van der Waals surface area contributed by atoms with Crippen LogP contribution in [-0.4, -0.2) is 25.7 Å². The number of aromatic nitrogens is 2. The summed E-state index contributed by atoms with van der Waals surface area (Å²) in [6.45, 7) is 2.48. The van der Waals surface area contributed by atoms with E-state index in [1.165, 1.54) is 7.05 Å². The molecule has 0 radical (unpaired) electrons. The Morgan fingerprint density at radius 3 is 2.74 bits per heavy atom. The van der Waals surface area contributed by atoms with Gasteiger partial charge in [-0.05, 0) is 37.7 Å². The highest BCUT2D eigenvalue weighted by molar-refractivity contribution is 7.89. The summed E-state index contributed by atoms with van der Waals surface area (Å²) in [4.78, 5) is 0.243. The van der Waals surface area contributed by atoms with E-state index in [1.807, 2.05) is 13.0 Å². The Morgan fingerprint density at radius 1 is 1.32 bits per heavy atom. The predicted molar refractivity (Wildman–Crippen MR) is 73.3 cm³/mol. The Kier molecular flexibility index (Phi) is 3.87. The van der Waals surface area contributed by atoms with Crippen LogP contribution >= 0.6 is 0 Å². The van der Waals surface area contributed by atoms with Gasteiger partial charge in [-0.2, -0.15) is 5.10 Å². The quantitative estimate of drug-likeness (QED) is 0.769. The van der Waals surface area contributed by atoms with E-state index in [-0.39, 0.29) is 4.90 Å². The number of nitrogens with one attached hydrogen (secondary N) is 3. The third kappa shape index (κ3) is 3.12. The SMILES string of the molecule is CNS(=O)(=O)c1ccc(C)c(NCc2ccn[nH]2)c1. The fraction of sp³-hybridized carbons (Fsp3) is 0.250. The first kappa shape index (κ1) is 13.6. The molecular formula is C12H16N4O2S. The minimum Gasteiger partial charge on any atom is -0.379 e. The van der Waals surface area contributed by atoms with E-state index >= 15 is 0 Å². The number of aryl methyl sites for hydroxylation is 1. The van der Waals surface area contributed by atoms with Gasteiger partial charge < -0.3 is 5.32 Å². The van der Waals surface area contributed by atoms with E-state index in [0.717, 1.165) is 16.9 Å². The number of H-pyrrole nitrogens is 1. The molecule has 0 aliphatic heterocycles. The highest BCUT2D eigenvalue weighted by Gasteiger charge is 2.12. The van der Waals surface area contributed by atoms with Gasteiger partial charge in [-0.3, -0.25) is 5.10 Å². The second kappa shape index (κ2) is 5.41. The number of nitrogens with zero attached hydrogens (tertiary/aromatic N) is 1. The maximum atomic E-state index is 11.7. The van der Waals surface area contributed by atoms with Gasteiger partial charge >= 0.3 is 0 Å². The molecule has 3 N–H and O–H groups in total. The molecular weight excluding hydrogens is 264 g/mol. The molecule has 0 bridgehead atoms. The van der Waals surface area contributed by atoms with E-state index in [2.05, 4.69) is 20.2 Å². The van der Waals surface area contributed by atoms with Crippen molar-refractivity contribution in [2.24, 2.45) is 0 Å². The molecule has 1 aromatic heterocycles. The number of anilines is 1. The summed E-state index contributed by atoms with van der Waals surface area (Å²) in [5.74, 6) is 0. The Balaban J connectivity index is 2.22. The topological polar surface area (TPSA) is 86.9 Å². The molecule has 0 unspecified atom stereocenters. The van der Waals surface area contributed by atoms with Crippen LogP contribution in [0.5, 0.6) is 0 Å². The lowest BCUT2D eigenvalue weighted by Crippen LogP contribution is -2.18. The van der Waals surface area contributed by atoms with E-state index in [9.17, 15) is 8.42 Å². The van der Waals surface area contributed by atoms with Crippen molar-refractivity contribution in [1.82, 2.24) is 14.9 Å². The van der Waals surface area contributed by atoms with Crippen LogP contribution in [0.1, 0.15) is 11.3 Å². The molecule has 2 rings (SSSR count). The van der Waals surface area contributed by atoms with Gasteiger partial charge in [0.2, 0.25) is 10.0 Å². The average molecular weight is 280 g/mol. The molecule has 1 heterocycles. The van der Waals surface area contributed by atoms with Gasteiger partial charge in [-0.15, -0.1) is 0 Å². The first-order chi connectivity index (χ1) is 9.03. The molecule has 0 saturated carbocycles. The zero-order chi connectivity index (χ0) is 13.9. The summed E-state index contributed by atoms with van der Waals surface area (Å²) in [5.41, 5.74) is 2.70. The van der Waals surface area contributed by atoms with Crippen LogP contribution in [0.15, 0.2) is 35.4 Å². The first-order valence-corrected chi connectivity index (χ1v) is 7.27. The Morgan fingerprint density at radius 2 is 2.11 bits per heavy atom. The van der Waals surface area contributed by atoms with Crippen molar-refractivity contribution in [3.8, 4) is 0 Å². The number of sulfonamides is 1. The molecule has 19 heavy (non-hydrogen) atoms. The molecule has 0 spiro atoms. The Labute approximate surface area is 112 Å². The number of hydrogen-bond donors (Lipinski definition) is 3.